The molecule has 1 aromatic heterocycles. The van der Waals surface area contributed by atoms with Gasteiger partial charge in [-0.05, 0) is 55.3 Å². The second kappa shape index (κ2) is 6.59. The summed E-state index contributed by atoms with van der Waals surface area (Å²) in [5, 5.41) is 4.15. The van der Waals surface area contributed by atoms with Crippen LogP contribution < -0.4 is 9.80 Å². The van der Waals surface area contributed by atoms with E-state index in [0.29, 0.717) is 11.7 Å². The van der Waals surface area contributed by atoms with Gasteiger partial charge in [0.2, 0.25) is 5.82 Å². The highest BCUT2D eigenvalue weighted by molar-refractivity contribution is 5.65. The molecule has 4 rings (SSSR count). The second-order valence-corrected chi connectivity index (χ2v) is 6.61. The molecule has 2 heterocycles. The van der Waals surface area contributed by atoms with Crippen LogP contribution in [0.3, 0.4) is 0 Å². The van der Waals surface area contributed by atoms with Crippen molar-refractivity contribution < 1.29 is 4.52 Å². The van der Waals surface area contributed by atoms with Crippen LogP contribution >= 0.6 is 0 Å². The Morgan fingerprint density at radius 3 is 2.44 bits per heavy atom. The minimum Gasteiger partial charge on any atom is -0.378 e. The summed E-state index contributed by atoms with van der Waals surface area (Å²) in [6.07, 6.45) is 2.56. The van der Waals surface area contributed by atoms with Gasteiger partial charge >= 0.3 is 0 Å². The van der Waals surface area contributed by atoms with E-state index >= 15 is 0 Å². The molecule has 0 N–H and O–H groups in total. The SMILES string of the molecule is CN(C)c1cccc(-c2nc(-c3ccc(N4CCCC4)cc3)no2)c1. The minimum atomic E-state index is 0.544. The monoisotopic (exact) mass is 334 g/mol. The Kier molecular flexibility index (Phi) is 4.14. The van der Waals surface area contributed by atoms with Crippen LogP contribution in [-0.2, 0) is 0 Å². The van der Waals surface area contributed by atoms with Crippen molar-refractivity contribution >= 4 is 11.4 Å². The van der Waals surface area contributed by atoms with Gasteiger partial charge < -0.3 is 14.3 Å². The third kappa shape index (κ3) is 3.22. The Bertz CT molecular complexity index is 848. The van der Waals surface area contributed by atoms with Crippen LogP contribution in [0.4, 0.5) is 11.4 Å². The van der Waals surface area contributed by atoms with E-state index in [1.807, 2.05) is 32.3 Å². The van der Waals surface area contributed by atoms with Gasteiger partial charge in [-0.3, -0.25) is 0 Å². The first-order valence-corrected chi connectivity index (χ1v) is 8.67. The third-order valence-electron chi connectivity index (χ3n) is 4.63. The Balaban J connectivity index is 1.57. The van der Waals surface area contributed by atoms with Crippen molar-refractivity contribution in [1.29, 1.82) is 0 Å². The Labute approximate surface area is 147 Å². The maximum absolute atomic E-state index is 5.48. The van der Waals surface area contributed by atoms with Crippen LogP contribution in [0.5, 0.6) is 0 Å². The molecule has 0 spiro atoms. The number of hydrogen-bond acceptors (Lipinski definition) is 5. The van der Waals surface area contributed by atoms with E-state index in [1.54, 1.807) is 0 Å². The maximum Gasteiger partial charge on any atom is 0.258 e. The molecule has 0 atom stereocenters. The lowest BCUT2D eigenvalue weighted by atomic mass is 10.1. The number of hydrogen-bond donors (Lipinski definition) is 0. The lowest BCUT2D eigenvalue weighted by Gasteiger charge is -2.17. The highest BCUT2D eigenvalue weighted by Gasteiger charge is 2.14. The first-order chi connectivity index (χ1) is 12.2. The average molecular weight is 334 g/mol. The van der Waals surface area contributed by atoms with Gasteiger partial charge in [0.25, 0.3) is 5.89 Å². The molecular weight excluding hydrogens is 312 g/mol. The van der Waals surface area contributed by atoms with Gasteiger partial charge in [-0.1, -0.05) is 11.2 Å². The minimum absolute atomic E-state index is 0.544. The molecular formula is C20H22N4O. The number of benzene rings is 2. The zero-order valence-corrected chi connectivity index (χ0v) is 14.6. The van der Waals surface area contributed by atoms with Gasteiger partial charge in [-0.25, -0.2) is 0 Å². The molecule has 2 aromatic carbocycles. The summed E-state index contributed by atoms with van der Waals surface area (Å²) < 4.78 is 5.48. The Hall–Kier alpha value is -2.82. The predicted molar refractivity (Wildman–Crippen MR) is 101 cm³/mol. The molecule has 1 aliphatic heterocycles. The van der Waals surface area contributed by atoms with Crippen molar-refractivity contribution in [2.45, 2.75) is 12.8 Å². The topological polar surface area (TPSA) is 45.4 Å². The summed E-state index contributed by atoms with van der Waals surface area (Å²) in [6.45, 7) is 2.29. The molecule has 1 aliphatic rings. The summed E-state index contributed by atoms with van der Waals surface area (Å²) in [6, 6.07) is 16.5. The molecule has 3 aromatic rings. The molecule has 1 fully saturated rings. The fourth-order valence-electron chi connectivity index (χ4n) is 3.17. The summed E-state index contributed by atoms with van der Waals surface area (Å²) in [4.78, 5) is 9.04. The van der Waals surface area contributed by atoms with Gasteiger partial charge in [0.15, 0.2) is 0 Å². The normalized spacial score (nSPS) is 14.1. The molecule has 5 nitrogen and oxygen atoms in total. The van der Waals surface area contributed by atoms with Gasteiger partial charge in [-0.2, -0.15) is 4.98 Å². The summed E-state index contributed by atoms with van der Waals surface area (Å²) in [5.41, 5.74) is 4.27. The third-order valence-corrected chi connectivity index (χ3v) is 4.63. The van der Waals surface area contributed by atoms with E-state index in [0.717, 1.165) is 29.9 Å². The lowest BCUT2D eigenvalue weighted by Crippen LogP contribution is -2.17. The van der Waals surface area contributed by atoms with Crippen LogP contribution in [-0.4, -0.2) is 37.3 Å². The average Bonchev–Trinajstić information content (AvgIpc) is 3.34. The molecule has 0 radical (unpaired) electrons. The first-order valence-electron chi connectivity index (χ1n) is 8.67. The molecule has 1 saturated heterocycles. The van der Waals surface area contributed by atoms with Crippen LogP contribution in [0.25, 0.3) is 22.8 Å². The highest BCUT2D eigenvalue weighted by Crippen LogP contribution is 2.27. The van der Waals surface area contributed by atoms with E-state index in [9.17, 15) is 0 Å². The van der Waals surface area contributed by atoms with Gasteiger partial charge in [0.1, 0.15) is 0 Å². The Morgan fingerprint density at radius 2 is 1.72 bits per heavy atom. The van der Waals surface area contributed by atoms with E-state index in [4.69, 9.17) is 4.52 Å². The summed E-state index contributed by atoms with van der Waals surface area (Å²) >= 11 is 0. The van der Waals surface area contributed by atoms with Crippen molar-refractivity contribution in [2.75, 3.05) is 37.0 Å². The van der Waals surface area contributed by atoms with E-state index in [1.165, 1.54) is 18.5 Å². The van der Waals surface area contributed by atoms with Crippen molar-refractivity contribution in [3.05, 3.63) is 48.5 Å². The molecule has 0 aliphatic carbocycles. The van der Waals surface area contributed by atoms with Crippen molar-refractivity contribution in [2.24, 2.45) is 0 Å². The van der Waals surface area contributed by atoms with E-state index in [2.05, 4.69) is 50.3 Å². The van der Waals surface area contributed by atoms with Crippen LogP contribution in [0.15, 0.2) is 53.1 Å². The second-order valence-electron chi connectivity index (χ2n) is 6.61. The predicted octanol–water partition coefficient (Wildman–Crippen LogP) is 4.07. The van der Waals surface area contributed by atoms with Crippen molar-refractivity contribution in [3.63, 3.8) is 0 Å². The zero-order chi connectivity index (χ0) is 17.2. The number of rotatable bonds is 4. The standard InChI is InChI=1S/C20H22N4O/c1-23(2)18-7-5-6-16(14-18)20-21-19(22-25-20)15-8-10-17(11-9-15)24-12-3-4-13-24/h5-11,14H,3-4,12-13H2,1-2H3. The smallest absolute Gasteiger partial charge is 0.258 e. The molecule has 0 saturated carbocycles. The van der Waals surface area contributed by atoms with Crippen LogP contribution in [0, 0.1) is 0 Å². The van der Waals surface area contributed by atoms with Crippen LogP contribution in [0.2, 0.25) is 0 Å². The quantitative estimate of drug-likeness (QED) is 0.720. The maximum atomic E-state index is 5.48. The largest absolute Gasteiger partial charge is 0.378 e. The van der Waals surface area contributed by atoms with Crippen molar-refractivity contribution in [1.82, 2.24) is 10.1 Å². The van der Waals surface area contributed by atoms with Gasteiger partial charge in [0, 0.05) is 49.7 Å². The highest BCUT2D eigenvalue weighted by atomic mass is 16.5. The Morgan fingerprint density at radius 1 is 0.960 bits per heavy atom. The van der Waals surface area contributed by atoms with Crippen molar-refractivity contribution in [3.8, 4) is 22.8 Å². The van der Waals surface area contributed by atoms with Gasteiger partial charge in [-0.15, -0.1) is 0 Å². The molecule has 128 valence electrons. The number of anilines is 2. The lowest BCUT2D eigenvalue weighted by molar-refractivity contribution is 0.432. The number of nitrogens with zero attached hydrogens (tertiary/aromatic N) is 4. The summed E-state index contributed by atoms with van der Waals surface area (Å²) in [7, 11) is 4.03. The molecule has 5 heteroatoms. The molecule has 0 bridgehead atoms. The molecule has 0 amide bonds. The zero-order valence-electron chi connectivity index (χ0n) is 14.6. The first kappa shape index (κ1) is 15.7. The summed E-state index contributed by atoms with van der Waals surface area (Å²) in [5.74, 6) is 1.17. The van der Waals surface area contributed by atoms with Gasteiger partial charge in [0.05, 0.1) is 0 Å². The fraction of sp³-hybridized carbons (Fsp3) is 0.300. The fourth-order valence-corrected chi connectivity index (χ4v) is 3.17. The van der Waals surface area contributed by atoms with Crippen LogP contribution in [0.1, 0.15) is 12.8 Å². The number of aromatic nitrogens is 2. The van der Waals surface area contributed by atoms with E-state index < -0.39 is 0 Å². The van der Waals surface area contributed by atoms with E-state index in [-0.39, 0.29) is 0 Å². The molecule has 0 unspecified atom stereocenters. The molecule has 25 heavy (non-hydrogen) atoms.